The van der Waals surface area contributed by atoms with Gasteiger partial charge < -0.3 is 9.13 Å². The second-order valence-corrected chi connectivity index (χ2v) is 12.9. The lowest BCUT2D eigenvalue weighted by Gasteiger charge is -2.25. The number of para-hydroxylation sites is 4. The maximum absolute atomic E-state index is 11.5. The first-order chi connectivity index (χ1) is 24.6. The number of fused-ring (bicyclic) bond motifs is 6. The summed E-state index contributed by atoms with van der Waals surface area (Å²) in [6, 6.07) is 55.3. The van der Waals surface area contributed by atoms with E-state index in [1.54, 1.807) is 0 Å². The summed E-state index contributed by atoms with van der Waals surface area (Å²) in [7, 11) is 0. The van der Waals surface area contributed by atoms with Gasteiger partial charge in [0.25, 0.3) is 0 Å². The Morgan fingerprint density at radius 3 is 0.940 bits per heavy atom. The van der Waals surface area contributed by atoms with Crippen molar-refractivity contribution < 1.29 is 0 Å². The minimum atomic E-state index is 0.506. The van der Waals surface area contributed by atoms with Gasteiger partial charge in [-0.15, -0.1) is 0 Å². The molecule has 4 nitrogen and oxygen atoms in total. The van der Waals surface area contributed by atoms with Crippen LogP contribution in [0.5, 0.6) is 0 Å². The third-order valence-electron chi connectivity index (χ3n) is 9.96. The van der Waals surface area contributed by atoms with E-state index in [1.807, 2.05) is 24.3 Å². The van der Waals surface area contributed by atoms with Gasteiger partial charge in [0, 0.05) is 32.7 Å². The van der Waals surface area contributed by atoms with Gasteiger partial charge in [-0.3, -0.25) is 0 Å². The molecule has 0 spiro atoms. The molecule has 0 aliphatic rings. The number of nitriles is 2. The molecule has 0 radical (unpaired) electrons. The lowest BCUT2D eigenvalue weighted by Crippen LogP contribution is -2.11. The second kappa shape index (κ2) is 11.4. The molecule has 0 atom stereocenters. The Morgan fingerprint density at radius 2 is 0.660 bits per heavy atom. The van der Waals surface area contributed by atoms with Gasteiger partial charge in [-0.25, -0.2) is 0 Å². The van der Waals surface area contributed by atoms with Crippen molar-refractivity contribution in [2.24, 2.45) is 0 Å². The number of hydrogen-bond donors (Lipinski definition) is 0. The largest absolute Gasteiger partial charge is 0.307 e. The molecule has 0 unspecified atom stereocenters. The first-order valence-electron chi connectivity index (χ1n) is 16.7. The summed E-state index contributed by atoms with van der Waals surface area (Å²) in [6.07, 6.45) is 0. The molecule has 2 heterocycles. The van der Waals surface area contributed by atoms with Crippen LogP contribution < -0.4 is 0 Å². The van der Waals surface area contributed by atoms with E-state index < -0.39 is 0 Å². The van der Waals surface area contributed by atoms with Crippen molar-refractivity contribution >= 4 is 43.6 Å². The Labute approximate surface area is 289 Å². The second-order valence-electron chi connectivity index (χ2n) is 12.9. The first-order valence-corrected chi connectivity index (χ1v) is 16.7. The Bertz CT molecular complexity index is 2580. The zero-order chi connectivity index (χ0) is 33.9. The molecule has 0 saturated carbocycles. The Balaban J connectivity index is 1.59. The number of rotatable bonds is 4. The van der Waals surface area contributed by atoms with Crippen LogP contribution in [-0.4, -0.2) is 9.13 Å². The van der Waals surface area contributed by atoms with E-state index in [-0.39, 0.29) is 0 Å². The van der Waals surface area contributed by atoms with Crippen LogP contribution >= 0.6 is 0 Å². The maximum atomic E-state index is 11.5. The third kappa shape index (κ3) is 4.23. The van der Waals surface area contributed by atoms with Gasteiger partial charge in [-0.1, -0.05) is 132 Å². The molecule has 0 bridgehead atoms. The molecule has 9 aromatic rings. The van der Waals surface area contributed by atoms with Crippen LogP contribution in [0, 0.1) is 36.5 Å². The van der Waals surface area contributed by atoms with Crippen LogP contribution in [0.1, 0.15) is 22.3 Å². The van der Waals surface area contributed by atoms with Crippen molar-refractivity contribution in [3.8, 4) is 45.8 Å². The van der Waals surface area contributed by atoms with Gasteiger partial charge in [0.05, 0.1) is 44.6 Å². The minimum absolute atomic E-state index is 0.506. The third-order valence-corrected chi connectivity index (χ3v) is 9.96. The standard InChI is InChI=1S/C46H30N4/c1-29-19-23-31(24-20-29)43-37(27-47)46(50-41-17-9-5-13-35(41)36-14-6-10-18-42(36)50)44(32-25-21-30(2)22-26-32)38(28-48)45(43)49-39-15-7-3-11-33(39)34-12-4-8-16-40(34)49/h3-26H,1-2H3. The van der Waals surface area contributed by atoms with Crippen LogP contribution in [0.2, 0.25) is 0 Å². The van der Waals surface area contributed by atoms with Crippen LogP contribution in [0.4, 0.5) is 0 Å². The summed E-state index contributed by atoms with van der Waals surface area (Å²) >= 11 is 0. The summed E-state index contributed by atoms with van der Waals surface area (Å²) in [5.74, 6) is 0. The highest BCUT2D eigenvalue weighted by molar-refractivity contribution is 6.13. The van der Waals surface area contributed by atoms with Crippen LogP contribution in [0.25, 0.3) is 77.2 Å². The highest BCUT2D eigenvalue weighted by atomic mass is 15.0. The van der Waals surface area contributed by atoms with Crippen molar-refractivity contribution in [3.05, 3.63) is 168 Å². The molecule has 0 N–H and O–H groups in total. The summed E-state index contributed by atoms with van der Waals surface area (Å²) < 4.78 is 4.40. The number of benzene rings is 7. The fourth-order valence-electron chi connectivity index (χ4n) is 7.72. The molecule has 234 valence electrons. The van der Waals surface area contributed by atoms with Gasteiger partial charge in [0.1, 0.15) is 12.1 Å². The van der Waals surface area contributed by atoms with E-state index in [0.29, 0.717) is 22.5 Å². The normalized spacial score (nSPS) is 11.4. The van der Waals surface area contributed by atoms with Gasteiger partial charge >= 0.3 is 0 Å². The van der Waals surface area contributed by atoms with E-state index in [1.165, 1.54) is 0 Å². The lowest BCUT2D eigenvalue weighted by atomic mass is 9.86. The number of aryl methyl sites for hydroxylation is 2. The van der Waals surface area contributed by atoms with Gasteiger partial charge in [-0.05, 0) is 49.2 Å². The lowest BCUT2D eigenvalue weighted by molar-refractivity contribution is 1.13. The smallest absolute Gasteiger partial charge is 0.102 e. The fraction of sp³-hybridized carbons (Fsp3) is 0.0435. The molecule has 0 saturated heterocycles. The average molecular weight is 639 g/mol. The van der Waals surface area contributed by atoms with E-state index in [9.17, 15) is 10.5 Å². The summed E-state index contributed by atoms with van der Waals surface area (Å²) in [5.41, 5.74) is 11.7. The quantitative estimate of drug-likeness (QED) is 0.193. The van der Waals surface area contributed by atoms with Crippen molar-refractivity contribution in [3.63, 3.8) is 0 Å². The van der Waals surface area contributed by atoms with Crippen molar-refractivity contribution in [1.29, 1.82) is 10.5 Å². The monoisotopic (exact) mass is 638 g/mol. The fourth-order valence-corrected chi connectivity index (χ4v) is 7.72. The molecule has 0 fully saturated rings. The van der Waals surface area contributed by atoms with Gasteiger partial charge in [0.2, 0.25) is 0 Å². The summed E-state index contributed by atoms with van der Waals surface area (Å²) in [4.78, 5) is 0. The van der Waals surface area contributed by atoms with Crippen molar-refractivity contribution in [2.45, 2.75) is 13.8 Å². The highest BCUT2D eigenvalue weighted by Crippen LogP contribution is 2.48. The molecule has 9 rings (SSSR count). The van der Waals surface area contributed by atoms with Gasteiger partial charge in [0.15, 0.2) is 0 Å². The Kier molecular flexibility index (Phi) is 6.66. The number of aromatic nitrogens is 2. The van der Waals surface area contributed by atoms with Crippen LogP contribution in [0.15, 0.2) is 146 Å². The molecule has 0 aliphatic carbocycles. The molecular formula is C46H30N4. The molecule has 2 aromatic heterocycles. The van der Waals surface area contributed by atoms with E-state index in [4.69, 9.17) is 0 Å². The zero-order valence-corrected chi connectivity index (χ0v) is 27.6. The van der Waals surface area contributed by atoms with Crippen molar-refractivity contribution in [1.82, 2.24) is 9.13 Å². The van der Waals surface area contributed by atoms with E-state index in [2.05, 4.69) is 156 Å². The van der Waals surface area contributed by atoms with E-state index in [0.717, 1.165) is 77.0 Å². The molecule has 0 aliphatic heterocycles. The molecule has 7 aromatic carbocycles. The molecule has 0 amide bonds. The SMILES string of the molecule is Cc1ccc(-c2c(C#N)c(-n3c4ccccc4c4ccccc43)c(-c3ccc(C)cc3)c(C#N)c2-n2c3ccccc3c3ccccc32)cc1. The van der Waals surface area contributed by atoms with Crippen LogP contribution in [-0.2, 0) is 0 Å². The highest BCUT2D eigenvalue weighted by Gasteiger charge is 2.31. The zero-order valence-electron chi connectivity index (χ0n) is 27.6. The van der Waals surface area contributed by atoms with E-state index >= 15 is 0 Å². The predicted octanol–water partition coefficient (Wildman–Crippen LogP) is 11.6. The molecule has 50 heavy (non-hydrogen) atoms. The maximum Gasteiger partial charge on any atom is 0.102 e. The van der Waals surface area contributed by atoms with Gasteiger partial charge in [-0.2, -0.15) is 10.5 Å². The molecular weight excluding hydrogens is 609 g/mol. The first kappa shape index (κ1) is 29.3. The average Bonchev–Trinajstić information content (AvgIpc) is 3.67. The Morgan fingerprint density at radius 1 is 0.380 bits per heavy atom. The predicted molar refractivity (Wildman–Crippen MR) is 205 cm³/mol. The van der Waals surface area contributed by atoms with Crippen LogP contribution in [0.3, 0.4) is 0 Å². The summed E-state index contributed by atoms with van der Waals surface area (Å²) in [5, 5.41) is 27.4. The molecule has 4 heteroatoms. The minimum Gasteiger partial charge on any atom is -0.307 e. The number of hydrogen-bond acceptors (Lipinski definition) is 2. The Hall–Kier alpha value is -6.88. The van der Waals surface area contributed by atoms with Crippen molar-refractivity contribution in [2.75, 3.05) is 0 Å². The summed E-state index contributed by atoms with van der Waals surface area (Å²) in [6.45, 7) is 4.13. The topological polar surface area (TPSA) is 57.4 Å². The number of nitrogens with zero attached hydrogens (tertiary/aromatic N) is 4.